The maximum absolute atomic E-state index is 12.9. The van der Waals surface area contributed by atoms with E-state index < -0.39 is 37.3 Å². The molecule has 5 atom stereocenters. The van der Waals surface area contributed by atoms with Crippen LogP contribution in [0.1, 0.15) is 31.8 Å². The third-order valence-corrected chi connectivity index (χ3v) is 5.16. The molecule has 0 bridgehead atoms. The largest absolute Gasteiger partial charge is 0.394 e. The lowest BCUT2D eigenvalue weighted by Gasteiger charge is -2.37. The Labute approximate surface area is 170 Å². The van der Waals surface area contributed by atoms with Crippen molar-refractivity contribution in [1.29, 1.82) is 0 Å². The van der Waals surface area contributed by atoms with E-state index >= 15 is 0 Å². The maximum atomic E-state index is 12.9. The molecule has 1 aliphatic carbocycles. The molecule has 2 aromatic carbocycles. The van der Waals surface area contributed by atoms with Crippen LogP contribution < -0.4 is 5.43 Å². The average molecular weight is 413 g/mol. The zero-order valence-electron chi connectivity index (χ0n) is 15.5. The van der Waals surface area contributed by atoms with Gasteiger partial charge in [-0.2, -0.15) is 0 Å². The lowest BCUT2D eigenvalue weighted by Crippen LogP contribution is -2.57. The van der Waals surface area contributed by atoms with E-state index in [9.17, 15) is 30.0 Å². The molecule has 5 N–H and O–H groups in total. The molecule has 0 spiro atoms. The summed E-state index contributed by atoms with van der Waals surface area (Å²) in [5.74, 6) is -0.624. The first-order valence-electron chi connectivity index (χ1n) is 9.22. The molecule has 1 saturated heterocycles. The minimum Gasteiger partial charge on any atom is -0.394 e. The topological polar surface area (TPSA) is 161 Å². The van der Waals surface area contributed by atoms with Gasteiger partial charge in [-0.1, -0.05) is 41.6 Å². The Balaban J connectivity index is 1.59. The standard InChI is InChI=1S/C20H19N3O7/c24-8-13-17(27)18(28)19(29)20(30-13)22-23-21-12-7-3-6-11-14(12)16(26)10-5-2-1-4-9(10)15(11)25/h1-7,13,17-20,24,27-29H,8H2,(H,21,22)/t13-,17-,18+,19-,20-/m1/s1. The van der Waals surface area contributed by atoms with E-state index in [0.29, 0.717) is 5.56 Å². The Hall–Kier alpha value is -3.02. The zero-order chi connectivity index (χ0) is 21.4. The van der Waals surface area contributed by atoms with Crippen LogP contribution in [0.2, 0.25) is 0 Å². The summed E-state index contributed by atoms with van der Waals surface area (Å²) in [6.45, 7) is -0.591. The van der Waals surface area contributed by atoms with Gasteiger partial charge in [-0.15, -0.1) is 5.11 Å². The van der Waals surface area contributed by atoms with Gasteiger partial charge in [0.15, 0.2) is 17.8 Å². The Kier molecular flexibility index (Phi) is 5.41. The first kappa shape index (κ1) is 20.3. The van der Waals surface area contributed by atoms with E-state index in [0.717, 1.165) is 0 Å². The SMILES string of the molecule is O=C1c2ccccc2C(=O)c2c(N/N=N/[C@@H]3O[C@H](CO)[C@@H](O)[C@H](O)[C@H]3O)cccc21. The fourth-order valence-corrected chi connectivity index (χ4v) is 3.56. The van der Waals surface area contributed by atoms with Crippen molar-refractivity contribution in [2.75, 3.05) is 12.0 Å². The Bertz CT molecular complexity index is 1020. The minimum atomic E-state index is -1.58. The fraction of sp³-hybridized carbons (Fsp3) is 0.300. The van der Waals surface area contributed by atoms with Gasteiger partial charge in [0.1, 0.15) is 24.4 Å². The number of ether oxygens (including phenoxy) is 1. The monoisotopic (exact) mass is 413 g/mol. The number of carbonyl (C=O) groups excluding carboxylic acids is 2. The predicted octanol–water partition coefficient (Wildman–Crippen LogP) is 0.0410. The van der Waals surface area contributed by atoms with Gasteiger partial charge in [-0.05, 0) is 6.07 Å². The molecule has 0 saturated carbocycles. The molecule has 1 aliphatic heterocycles. The van der Waals surface area contributed by atoms with Crippen molar-refractivity contribution >= 4 is 17.3 Å². The van der Waals surface area contributed by atoms with E-state index in [1.54, 1.807) is 42.5 Å². The predicted molar refractivity (Wildman–Crippen MR) is 102 cm³/mol. The van der Waals surface area contributed by atoms with Crippen molar-refractivity contribution in [3.8, 4) is 0 Å². The number of aliphatic hydroxyl groups is 4. The quantitative estimate of drug-likeness (QED) is 0.296. The minimum absolute atomic E-state index is 0.147. The smallest absolute Gasteiger partial charge is 0.199 e. The third kappa shape index (κ3) is 3.30. The van der Waals surface area contributed by atoms with Gasteiger partial charge >= 0.3 is 0 Å². The van der Waals surface area contributed by atoms with Crippen LogP contribution in [0.3, 0.4) is 0 Å². The number of rotatable bonds is 4. The number of nitrogens with one attached hydrogen (secondary N) is 1. The van der Waals surface area contributed by atoms with Crippen LogP contribution in [-0.2, 0) is 4.74 Å². The first-order valence-corrected chi connectivity index (χ1v) is 9.22. The van der Waals surface area contributed by atoms with Gasteiger partial charge in [0.05, 0.1) is 17.9 Å². The molecule has 0 aromatic heterocycles. The van der Waals surface area contributed by atoms with Gasteiger partial charge in [0.2, 0.25) is 0 Å². The van der Waals surface area contributed by atoms with Crippen molar-refractivity contribution in [2.45, 2.75) is 30.6 Å². The lowest BCUT2D eigenvalue weighted by atomic mass is 9.83. The number of hydrogen-bond acceptors (Lipinski definition) is 9. The number of carbonyl (C=O) groups is 2. The normalized spacial score (nSPS) is 28.3. The molecule has 0 unspecified atom stereocenters. The summed E-state index contributed by atoms with van der Waals surface area (Å²) >= 11 is 0. The molecular formula is C20H19N3O7. The van der Waals surface area contributed by atoms with Gasteiger partial charge in [0, 0.05) is 16.7 Å². The number of nitrogens with zero attached hydrogens (tertiary/aromatic N) is 2. The molecule has 156 valence electrons. The highest BCUT2D eigenvalue weighted by molar-refractivity contribution is 6.30. The summed E-state index contributed by atoms with van der Waals surface area (Å²) in [5, 5.41) is 46.3. The molecule has 0 amide bonds. The number of aliphatic hydroxyl groups excluding tert-OH is 4. The Morgan fingerprint density at radius 2 is 1.53 bits per heavy atom. The maximum Gasteiger partial charge on any atom is 0.199 e. The average Bonchev–Trinajstić information content (AvgIpc) is 2.77. The van der Waals surface area contributed by atoms with Gasteiger partial charge in [-0.25, -0.2) is 0 Å². The Morgan fingerprint density at radius 1 is 0.867 bits per heavy atom. The van der Waals surface area contributed by atoms with Crippen LogP contribution in [0, 0.1) is 0 Å². The van der Waals surface area contributed by atoms with Crippen molar-refractivity contribution in [3.63, 3.8) is 0 Å². The molecule has 10 nitrogen and oxygen atoms in total. The molecule has 1 heterocycles. The van der Waals surface area contributed by atoms with E-state index in [4.69, 9.17) is 4.74 Å². The lowest BCUT2D eigenvalue weighted by molar-refractivity contribution is -0.228. The second-order valence-corrected chi connectivity index (χ2v) is 6.98. The highest BCUT2D eigenvalue weighted by Crippen LogP contribution is 2.32. The fourth-order valence-electron chi connectivity index (χ4n) is 3.56. The molecule has 10 heteroatoms. The molecular weight excluding hydrogens is 394 g/mol. The third-order valence-electron chi connectivity index (χ3n) is 5.16. The summed E-state index contributed by atoms with van der Waals surface area (Å²) < 4.78 is 5.23. The second-order valence-electron chi connectivity index (χ2n) is 6.98. The zero-order valence-corrected chi connectivity index (χ0v) is 15.5. The van der Waals surface area contributed by atoms with Crippen molar-refractivity contribution in [3.05, 3.63) is 64.7 Å². The highest BCUT2D eigenvalue weighted by atomic mass is 16.6. The van der Waals surface area contributed by atoms with Crippen LogP contribution in [0.15, 0.2) is 52.8 Å². The molecule has 1 fully saturated rings. The van der Waals surface area contributed by atoms with E-state index in [1.807, 2.05) is 0 Å². The van der Waals surface area contributed by atoms with Gasteiger partial charge < -0.3 is 25.2 Å². The summed E-state index contributed by atoms with van der Waals surface area (Å²) in [4.78, 5) is 25.7. The summed E-state index contributed by atoms with van der Waals surface area (Å²) in [7, 11) is 0. The van der Waals surface area contributed by atoms with Crippen LogP contribution in [0.5, 0.6) is 0 Å². The number of benzene rings is 2. The van der Waals surface area contributed by atoms with Crippen LogP contribution in [-0.4, -0.2) is 69.2 Å². The molecule has 2 aromatic rings. The summed E-state index contributed by atoms with van der Waals surface area (Å²) in [6, 6.07) is 11.2. The second kappa shape index (κ2) is 8.01. The van der Waals surface area contributed by atoms with Crippen LogP contribution >= 0.6 is 0 Å². The Morgan fingerprint density at radius 3 is 2.23 bits per heavy atom. The molecule has 30 heavy (non-hydrogen) atoms. The van der Waals surface area contributed by atoms with Crippen molar-refractivity contribution in [2.24, 2.45) is 10.3 Å². The van der Waals surface area contributed by atoms with Crippen molar-refractivity contribution < 1.29 is 34.8 Å². The number of ketones is 2. The first-order chi connectivity index (χ1) is 14.4. The van der Waals surface area contributed by atoms with Gasteiger partial charge in [0.25, 0.3) is 0 Å². The summed E-state index contributed by atoms with van der Waals surface area (Å²) in [6.07, 6.45) is -7.14. The van der Waals surface area contributed by atoms with Crippen LogP contribution in [0.25, 0.3) is 0 Å². The van der Waals surface area contributed by atoms with Gasteiger partial charge in [-0.3, -0.25) is 15.0 Å². The molecule has 2 aliphatic rings. The molecule has 4 rings (SSSR count). The summed E-state index contributed by atoms with van der Waals surface area (Å²) in [5.41, 5.74) is 3.79. The van der Waals surface area contributed by atoms with E-state index in [1.165, 1.54) is 0 Å². The van der Waals surface area contributed by atoms with Crippen LogP contribution in [0.4, 0.5) is 5.69 Å². The van der Waals surface area contributed by atoms with Crippen molar-refractivity contribution in [1.82, 2.24) is 0 Å². The number of fused-ring (bicyclic) bond motifs is 2. The highest BCUT2D eigenvalue weighted by Gasteiger charge is 2.43. The van der Waals surface area contributed by atoms with E-state index in [-0.39, 0.29) is 33.9 Å². The number of anilines is 1. The molecule has 0 radical (unpaired) electrons. The van der Waals surface area contributed by atoms with E-state index in [2.05, 4.69) is 15.8 Å². The number of hydrogen-bond donors (Lipinski definition) is 5.